The molecule has 0 atom stereocenters. The van der Waals surface area contributed by atoms with Crippen molar-refractivity contribution < 1.29 is 4.12 Å². The summed E-state index contributed by atoms with van der Waals surface area (Å²) in [6, 6.07) is 0. The third-order valence-corrected chi connectivity index (χ3v) is 9.28. The maximum atomic E-state index is 6.28. The van der Waals surface area contributed by atoms with E-state index in [1.807, 2.05) is 0 Å². The molecule has 1 aliphatic rings. The molecule has 1 rings (SSSR count). The maximum absolute atomic E-state index is 6.28. The van der Waals surface area contributed by atoms with Gasteiger partial charge in [0.15, 0.2) is 16.6 Å². The molecule has 14 heavy (non-hydrogen) atoms. The molecule has 0 unspecified atom stereocenters. The summed E-state index contributed by atoms with van der Waals surface area (Å²) in [5, 5.41) is 0. The quantitative estimate of drug-likeness (QED) is 0.742. The molecule has 0 aromatic carbocycles. The van der Waals surface area contributed by atoms with Crippen LogP contribution in [0.3, 0.4) is 0 Å². The number of hydrogen-bond acceptors (Lipinski definition) is 3. The first kappa shape index (κ1) is 12.4. The highest BCUT2D eigenvalue weighted by atomic mass is 28.4. The van der Waals surface area contributed by atoms with Crippen molar-refractivity contribution in [1.29, 1.82) is 0 Å². The van der Waals surface area contributed by atoms with E-state index in [0.717, 1.165) is 19.5 Å². The molecule has 1 fully saturated rings. The van der Waals surface area contributed by atoms with Crippen LogP contribution in [0.2, 0.25) is 26.2 Å². The van der Waals surface area contributed by atoms with Crippen LogP contribution >= 0.6 is 0 Å². The van der Waals surface area contributed by atoms with Crippen molar-refractivity contribution in [1.82, 2.24) is 4.90 Å². The average molecular weight is 232 g/mol. The van der Waals surface area contributed by atoms with Gasteiger partial charge in [0.05, 0.1) is 0 Å². The summed E-state index contributed by atoms with van der Waals surface area (Å²) in [7, 11) is -2.78. The van der Waals surface area contributed by atoms with Gasteiger partial charge in [-0.1, -0.05) is 0 Å². The van der Waals surface area contributed by atoms with E-state index >= 15 is 0 Å². The Bertz CT molecular complexity index is 181. The summed E-state index contributed by atoms with van der Waals surface area (Å²) < 4.78 is 6.28. The molecule has 84 valence electrons. The van der Waals surface area contributed by atoms with Gasteiger partial charge in [-0.2, -0.15) is 0 Å². The van der Waals surface area contributed by atoms with Crippen LogP contribution in [0.15, 0.2) is 0 Å². The molecular formula is C9H24N2OSi2. The van der Waals surface area contributed by atoms with E-state index in [2.05, 4.69) is 31.1 Å². The first-order chi connectivity index (χ1) is 6.35. The maximum Gasteiger partial charge on any atom is 0.187 e. The molecule has 0 spiro atoms. The molecular weight excluding hydrogens is 208 g/mol. The van der Waals surface area contributed by atoms with Crippen molar-refractivity contribution in [2.24, 2.45) is 5.73 Å². The molecule has 0 radical (unpaired) electrons. The minimum Gasteiger partial charge on any atom is -0.454 e. The van der Waals surface area contributed by atoms with Crippen molar-refractivity contribution in [3.63, 3.8) is 0 Å². The summed E-state index contributed by atoms with van der Waals surface area (Å²) in [5.41, 5.74) is 5.55. The van der Waals surface area contributed by atoms with Crippen molar-refractivity contribution in [2.45, 2.75) is 32.6 Å². The predicted molar refractivity (Wildman–Crippen MR) is 66.2 cm³/mol. The normalized spacial score (nSPS) is 26.4. The molecule has 0 aromatic heterocycles. The number of hydrogen-bond donors (Lipinski definition) is 1. The predicted octanol–water partition coefficient (Wildman–Crippen LogP) is 1.16. The van der Waals surface area contributed by atoms with Crippen molar-refractivity contribution in [3.8, 4) is 0 Å². The number of rotatable bonds is 3. The molecule has 0 bridgehead atoms. The van der Waals surface area contributed by atoms with E-state index in [4.69, 9.17) is 9.85 Å². The van der Waals surface area contributed by atoms with Gasteiger partial charge in [0.2, 0.25) is 0 Å². The van der Waals surface area contributed by atoms with Crippen LogP contribution < -0.4 is 5.73 Å². The molecule has 5 heteroatoms. The Morgan fingerprint density at radius 3 is 2.07 bits per heavy atom. The first-order valence-corrected chi connectivity index (χ1v) is 11.7. The molecule has 0 aromatic rings. The van der Waals surface area contributed by atoms with Crippen LogP contribution in [0, 0.1) is 0 Å². The molecule has 0 aliphatic carbocycles. The van der Waals surface area contributed by atoms with E-state index in [-0.39, 0.29) is 0 Å². The topological polar surface area (TPSA) is 38.5 Å². The fraction of sp³-hybridized carbons (Fsp3) is 1.00. The van der Waals surface area contributed by atoms with Gasteiger partial charge in [0.1, 0.15) is 0 Å². The van der Waals surface area contributed by atoms with Gasteiger partial charge in [-0.05, 0) is 45.7 Å². The Morgan fingerprint density at radius 2 is 1.64 bits per heavy atom. The standard InChI is InChI=1S/C9H24N2OSi2/c1-13(2)8-11(7-5-6-10)9-14(3,4)12-13/h5-10H2,1-4H3. The zero-order chi connectivity index (χ0) is 10.8. The van der Waals surface area contributed by atoms with Gasteiger partial charge >= 0.3 is 0 Å². The van der Waals surface area contributed by atoms with E-state index in [0.29, 0.717) is 0 Å². The van der Waals surface area contributed by atoms with E-state index in [9.17, 15) is 0 Å². The first-order valence-electron chi connectivity index (χ1n) is 5.47. The summed E-state index contributed by atoms with van der Waals surface area (Å²) in [6.07, 6.45) is 3.49. The highest BCUT2D eigenvalue weighted by Crippen LogP contribution is 2.22. The second-order valence-corrected chi connectivity index (χ2v) is 14.0. The largest absolute Gasteiger partial charge is 0.454 e. The van der Waals surface area contributed by atoms with Crippen molar-refractivity contribution >= 4 is 16.6 Å². The molecule has 2 N–H and O–H groups in total. The minimum absolute atomic E-state index is 0.807. The monoisotopic (exact) mass is 232 g/mol. The van der Waals surface area contributed by atoms with Gasteiger partial charge in [-0.3, -0.25) is 0 Å². The lowest BCUT2D eigenvalue weighted by Gasteiger charge is -2.45. The lowest BCUT2D eigenvalue weighted by atomic mass is 10.4. The highest BCUT2D eigenvalue weighted by Gasteiger charge is 2.40. The Balaban J connectivity index is 2.53. The summed E-state index contributed by atoms with van der Waals surface area (Å²) in [6.45, 7) is 11.3. The van der Waals surface area contributed by atoms with Crippen LogP contribution in [-0.4, -0.2) is 47.0 Å². The van der Waals surface area contributed by atoms with Crippen molar-refractivity contribution in [3.05, 3.63) is 0 Å². The Morgan fingerprint density at radius 1 is 1.14 bits per heavy atom. The lowest BCUT2D eigenvalue weighted by molar-refractivity contribution is 0.296. The average Bonchev–Trinajstić information content (AvgIpc) is 1.94. The number of nitrogens with zero attached hydrogens (tertiary/aromatic N) is 1. The Labute approximate surface area is 89.9 Å². The van der Waals surface area contributed by atoms with Gasteiger partial charge in [-0.25, -0.2) is 0 Å². The Kier molecular flexibility index (Phi) is 3.93. The zero-order valence-corrected chi connectivity index (χ0v) is 12.0. The van der Waals surface area contributed by atoms with Gasteiger partial charge < -0.3 is 14.7 Å². The number of nitrogens with two attached hydrogens (primary N) is 1. The molecule has 1 saturated heterocycles. The minimum atomic E-state index is -1.39. The third kappa shape index (κ3) is 3.82. The van der Waals surface area contributed by atoms with Gasteiger partial charge in [-0.15, -0.1) is 0 Å². The second kappa shape index (κ2) is 4.44. The highest BCUT2D eigenvalue weighted by molar-refractivity contribution is 6.86. The van der Waals surface area contributed by atoms with Crippen LogP contribution in [0.4, 0.5) is 0 Å². The van der Waals surface area contributed by atoms with Crippen LogP contribution in [-0.2, 0) is 4.12 Å². The SMILES string of the molecule is C[Si]1(C)CN(CCCN)C[Si](C)(C)O1. The second-order valence-electron chi connectivity index (χ2n) is 5.47. The van der Waals surface area contributed by atoms with E-state index < -0.39 is 16.6 Å². The molecule has 0 saturated carbocycles. The molecule has 0 amide bonds. The van der Waals surface area contributed by atoms with Crippen molar-refractivity contribution in [2.75, 3.05) is 25.4 Å². The third-order valence-electron chi connectivity index (χ3n) is 2.44. The fourth-order valence-corrected chi connectivity index (χ4v) is 11.8. The fourth-order valence-electron chi connectivity index (χ4n) is 2.42. The summed E-state index contributed by atoms with van der Waals surface area (Å²) >= 11 is 0. The van der Waals surface area contributed by atoms with E-state index in [1.165, 1.54) is 12.3 Å². The summed E-state index contributed by atoms with van der Waals surface area (Å²) in [4.78, 5) is 2.58. The van der Waals surface area contributed by atoms with Gasteiger partial charge in [0, 0.05) is 12.3 Å². The lowest BCUT2D eigenvalue weighted by Crippen LogP contribution is -2.63. The van der Waals surface area contributed by atoms with Crippen LogP contribution in [0.1, 0.15) is 6.42 Å². The summed E-state index contributed by atoms with van der Waals surface area (Å²) in [5.74, 6) is 0. The molecule has 1 heterocycles. The Hall–Kier alpha value is 0.314. The van der Waals surface area contributed by atoms with Gasteiger partial charge in [0.25, 0.3) is 0 Å². The van der Waals surface area contributed by atoms with Crippen LogP contribution in [0.25, 0.3) is 0 Å². The molecule has 3 nitrogen and oxygen atoms in total. The zero-order valence-electron chi connectivity index (χ0n) is 9.97. The van der Waals surface area contributed by atoms with Crippen LogP contribution in [0.5, 0.6) is 0 Å². The van der Waals surface area contributed by atoms with E-state index in [1.54, 1.807) is 0 Å². The smallest absolute Gasteiger partial charge is 0.187 e. The molecule has 1 aliphatic heterocycles.